The highest BCUT2D eigenvalue weighted by atomic mass is 79.9. The minimum atomic E-state index is -3.69. The van der Waals surface area contributed by atoms with Crippen molar-refractivity contribution in [2.24, 2.45) is 0 Å². The summed E-state index contributed by atoms with van der Waals surface area (Å²) in [4.78, 5) is 0.0625. The van der Waals surface area contributed by atoms with Crippen LogP contribution in [0.4, 0.5) is 5.69 Å². The summed E-state index contributed by atoms with van der Waals surface area (Å²) in [5.74, 6) is 0. The number of rotatable bonds is 3. The lowest BCUT2D eigenvalue weighted by Gasteiger charge is -2.10. The third-order valence-corrected chi connectivity index (χ3v) is 5.62. The summed E-state index contributed by atoms with van der Waals surface area (Å²) >= 11 is 15.0. The largest absolute Gasteiger partial charge is 0.280 e. The van der Waals surface area contributed by atoms with Crippen molar-refractivity contribution in [3.05, 3.63) is 56.5 Å². The molecule has 7 heteroatoms. The summed E-state index contributed by atoms with van der Waals surface area (Å²) in [7, 11) is -3.69. The Morgan fingerprint density at radius 2 is 1.75 bits per heavy atom. The first-order valence-corrected chi connectivity index (χ1v) is 8.57. The zero-order valence-corrected chi connectivity index (χ0v) is 14.2. The van der Waals surface area contributed by atoms with Gasteiger partial charge in [-0.3, -0.25) is 4.72 Å². The Morgan fingerprint density at radius 1 is 1.05 bits per heavy atom. The lowest BCUT2D eigenvalue weighted by molar-refractivity contribution is 0.601. The number of aryl methyl sites for hydroxylation is 1. The predicted molar refractivity (Wildman–Crippen MR) is 86.1 cm³/mol. The van der Waals surface area contributed by atoms with Crippen LogP contribution in [-0.2, 0) is 10.0 Å². The van der Waals surface area contributed by atoms with E-state index < -0.39 is 10.0 Å². The van der Waals surface area contributed by atoms with E-state index in [2.05, 4.69) is 20.7 Å². The van der Waals surface area contributed by atoms with Gasteiger partial charge in [-0.05, 0) is 48.9 Å². The highest BCUT2D eigenvalue weighted by Crippen LogP contribution is 2.27. The van der Waals surface area contributed by atoms with Gasteiger partial charge in [-0.2, -0.15) is 0 Å². The van der Waals surface area contributed by atoms with Gasteiger partial charge < -0.3 is 0 Å². The van der Waals surface area contributed by atoms with Crippen LogP contribution < -0.4 is 4.72 Å². The summed E-state index contributed by atoms with van der Waals surface area (Å²) in [6, 6.07) is 9.36. The molecule has 0 aliphatic carbocycles. The van der Waals surface area contributed by atoms with Crippen LogP contribution in [0.2, 0.25) is 10.0 Å². The van der Waals surface area contributed by atoms with Gasteiger partial charge >= 0.3 is 0 Å². The molecular formula is C13H10BrCl2NO2S. The SMILES string of the molecule is Cc1cc(NS(=O)(=O)c2ccc(Cl)c(Cl)c2)ccc1Br. The van der Waals surface area contributed by atoms with E-state index in [9.17, 15) is 8.42 Å². The lowest BCUT2D eigenvalue weighted by atomic mass is 10.2. The molecule has 0 aromatic heterocycles. The van der Waals surface area contributed by atoms with Gasteiger partial charge in [-0.25, -0.2) is 8.42 Å². The Morgan fingerprint density at radius 3 is 2.35 bits per heavy atom. The van der Waals surface area contributed by atoms with E-state index in [1.807, 2.05) is 6.92 Å². The second-order valence-electron chi connectivity index (χ2n) is 4.15. The molecule has 0 bridgehead atoms. The zero-order chi connectivity index (χ0) is 14.9. The molecule has 0 atom stereocenters. The molecule has 0 aliphatic rings. The van der Waals surface area contributed by atoms with Crippen LogP contribution >= 0.6 is 39.1 Å². The van der Waals surface area contributed by atoms with E-state index in [-0.39, 0.29) is 9.92 Å². The van der Waals surface area contributed by atoms with Gasteiger partial charge in [-0.15, -0.1) is 0 Å². The van der Waals surface area contributed by atoms with Crippen molar-refractivity contribution in [1.82, 2.24) is 0 Å². The van der Waals surface area contributed by atoms with Crippen molar-refractivity contribution < 1.29 is 8.42 Å². The zero-order valence-electron chi connectivity index (χ0n) is 10.3. The molecule has 2 aromatic rings. The van der Waals surface area contributed by atoms with Crippen LogP contribution in [-0.4, -0.2) is 8.42 Å². The second kappa shape index (κ2) is 5.93. The fourth-order valence-corrected chi connectivity index (χ4v) is 3.25. The van der Waals surface area contributed by atoms with Gasteiger partial charge in [0.1, 0.15) is 0 Å². The topological polar surface area (TPSA) is 46.2 Å². The summed E-state index contributed by atoms with van der Waals surface area (Å²) in [6.07, 6.45) is 0. The standard InChI is InChI=1S/C13H10BrCl2NO2S/c1-8-6-9(2-4-11(8)14)17-20(18,19)10-3-5-12(15)13(16)7-10/h2-7,17H,1H3. The van der Waals surface area contributed by atoms with Crippen molar-refractivity contribution >= 4 is 54.8 Å². The molecule has 0 radical (unpaired) electrons. The Kier molecular flexibility index (Phi) is 4.64. The number of nitrogens with one attached hydrogen (secondary N) is 1. The molecule has 0 spiro atoms. The third-order valence-electron chi connectivity index (χ3n) is 2.61. The van der Waals surface area contributed by atoms with E-state index >= 15 is 0 Å². The number of anilines is 1. The molecule has 2 aromatic carbocycles. The van der Waals surface area contributed by atoms with E-state index in [4.69, 9.17) is 23.2 Å². The molecule has 0 heterocycles. The highest BCUT2D eigenvalue weighted by Gasteiger charge is 2.15. The van der Waals surface area contributed by atoms with Crippen molar-refractivity contribution in [3.8, 4) is 0 Å². The van der Waals surface area contributed by atoms with Crippen LogP contribution in [0, 0.1) is 6.92 Å². The Bertz CT molecular complexity index is 763. The van der Waals surface area contributed by atoms with Gasteiger partial charge in [0.05, 0.1) is 14.9 Å². The van der Waals surface area contributed by atoms with E-state index in [1.165, 1.54) is 18.2 Å². The number of hydrogen-bond acceptors (Lipinski definition) is 2. The van der Waals surface area contributed by atoms with Crippen molar-refractivity contribution in [2.45, 2.75) is 11.8 Å². The molecule has 20 heavy (non-hydrogen) atoms. The van der Waals surface area contributed by atoms with E-state index in [0.29, 0.717) is 10.7 Å². The van der Waals surface area contributed by atoms with Crippen LogP contribution in [0.5, 0.6) is 0 Å². The third kappa shape index (κ3) is 3.47. The first-order chi connectivity index (χ1) is 9.29. The van der Waals surface area contributed by atoms with Gasteiger partial charge in [0.25, 0.3) is 10.0 Å². The molecular weight excluding hydrogens is 385 g/mol. The summed E-state index contributed by atoms with van der Waals surface area (Å²) < 4.78 is 27.9. The fourth-order valence-electron chi connectivity index (χ4n) is 1.57. The summed E-state index contributed by atoms with van der Waals surface area (Å²) in [5, 5.41) is 0.506. The van der Waals surface area contributed by atoms with Gasteiger partial charge in [-0.1, -0.05) is 39.1 Å². The first-order valence-electron chi connectivity index (χ1n) is 5.53. The maximum absolute atomic E-state index is 12.2. The van der Waals surface area contributed by atoms with Crippen LogP contribution in [0.25, 0.3) is 0 Å². The molecule has 0 fully saturated rings. The molecule has 0 amide bonds. The van der Waals surface area contributed by atoms with Crippen molar-refractivity contribution in [3.63, 3.8) is 0 Å². The molecule has 1 N–H and O–H groups in total. The molecule has 0 saturated carbocycles. The minimum Gasteiger partial charge on any atom is -0.280 e. The van der Waals surface area contributed by atoms with Crippen molar-refractivity contribution in [1.29, 1.82) is 0 Å². The molecule has 2 rings (SSSR count). The van der Waals surface area contributed by atoms with Crippen LogP contribution in [0.1, 0.15) is 5.56 Å². The van der Waals surface area contributed by atoms with Crippen LogP contribution in [0.15, 0.2) is 45.8 Å². The van der Waals surface area contributed by atoms with E-state index in [1.54, 1.807) is 18.2 Å². The lowest BCUT2D eigenvalue weighted by Crippen LogP contribution is -2.13. The maximum atomic E-state index is 12.2. The smallest absolute Gasteiger partial charge is 0.261 e. The molecule has 0 unspecified atom stereocenters. The average Bonchev–Trinajstić information content (AvgIpc) is 2.37. The minimum absolute atomic E-state index is 0.0625. The fraction of sp³-hybridized carbons (Fsp3) is 0.0769. The average molecular weight is 395 g/mol. The number of benzene rings is 2. The number of halogens is 3. The summed E-state index contributed by atoms with van der Waals surface area (Å²) in [6.45, 7) is 1.88. The Balaban J connectivity index is 2.35. The second-order valence-corrected chi connectivity index (χ2v) is 7.50. The molecule has 0 saturated heterocycles. The molecule has 106 valence electrons. The monoisotopic (exact) mass is 393 g/mol. The highest BCUT2D eigenvalue weighted by molar-refractivity contribution is 9.10. The Labute approximate surface area is 136 Å². The van der Waals surface area contributed by atoms with Gasteiger partial charge in [0, 0.05) is 10.2 Å². The number of sulfonamides is 1. The van der Waals surface area contributed by atoms with Crippen LogP contribution in [0.3, 0.4) is 0 Å². The van der Waals surface area contributed by atoms with Crippen molar-refractivity contribution in [2.75, 3.05) is 4.72 Å². The predicted octanol–water partition coefficient (Wildman–Crippen LogP) is 4.87. The van der Waals surface area contributed by atoms with Gasteiger partial charge in [0.2, 0.25) is 0 Å². The molecule has 0 aliphatic heterocycles. The first kappa shape index (κ1) is 15.6. The Hall–Kier alpha value is -0.750. The number of hydrogen-bond donors (Lipinski definition) is 1. The van der Waals surface area contributed by atoms with E-state index in [0.717, 1.165) is 10.0 Å². The summed E-state index contributed by atoms with van der Waals surface area (Å²) in [5.41, 5.74) is 1.41. The maximum Gasteiger partial charge on any atom is 0.261 e. The molecule has 3 nitrogen and oxygen atoms in total. The van der Waals surface area contributed by atoms with Gasteiger partial charge in [0.15, 0.2) is 0 Å². The normalized spacial score (nSPS) is 11.4. The quantitative estimate of drug-likeness (QED) is 0.807.